The number of fused-ring (bicyclic) bond motifs is 1. The lowest BCUT2D eigenvalue weighted by atomic mass is 9.95. The molecule has 2 aromatic heterocycles. The molecule has 142 valence electrons. The van der Waals surface area contributed by atoms with Crippen LogP contribution in [0, 0.1) is 11.3 Å². The number of rotatable bonds is 4. The number of benzene rings is 1. The van der Waals surface area contributed by atoms with Crippen molar-refractivity contribution in [2.45, 2.75) is 31.7 Å². The minimum Gasteiger partial charge on any atom is -0.324 e. The van der Waals surface area contributed by atoms with Gasteiger partial charge >= 0.3 is 0 Å². The first-order chi connectivity index (χ1) is 13.7. The summed E-state index contributed by atoms with van der Waals surface area (Å²) in [7, 11) is 0. The van der Waals surface area contributed by atoms with Gasteiger partial charge in [0.15, 0.2) is 5.65 Å². The number of pyridine rings is 1. The Bertz CT molecular complexity index is 1030. The Morgan fingerprint density at radius 3 is 2.71 bits per heavy atom. The zero-order chi connectivity index (χ0) is 19.5. The van der Waals surface area contributed by atoms with Gasteiger partial charge in [0.2, 0.25) is 5.91 Å². The summed E-state index contributed by atoms with van der Waals surface area (Å²) >= 11 is 0. The number of hydrogen-bond donors (Lipinski definition) is 1. The van der Waals surface area contributed by atoms with Gasteiger partial charge in [-0.1, -0.05) is 18.2 Å². The summed E-state index contributed by atoms with van der Waals surface area (Å²) in [6.45, 7) is 3.55. The second-order valence-corrected chi connectivity index (χ2v) is 7.12. The van der Waals surface area contributed by atoms with Crippen LogP contribution in [0.4, 0.5) is 5.69 Å². The minimum absolute atomic E-state index is 0.0888. The molecule has 0 aliphatic carbocycles. The van der Waals surface area contributed by atoms with E-state index in [1.807, 2.05) is 37.4 Å². The Morgan fingerprint density at radius 2 is 1.93 bits per heavy atom. The molecule has 1 aliphatic heterocycles. The van der Waals surface area contributed by atoms with Gasteiger partial charge in [0, 0.05) is 12.1 Å². The lowest BCUT2D eigenvalue weighted by Gasteiger charge is -2.34. The van der Waals surface area contributed by atoms with Crippen molar-refractivity contribution in [3.8, 4) is 6.07 Å². The number of aromatic nitrogens is 3. The molecule has 0 radical (unpaired) electrons. The molecule has 7 heteroatoms. The Morgan fingerprint density at radius 1 is 1.18 bits per heavy atom. The maximum absolute atomic E-state index is 12.7. The number of nitrogens with zero attached hydrogens (tertiary/aromatic N) is 5. The molecule has 1 fully saturated rings. The van der Waals surface area contributed by atoms with Gasteiger partial charge in [-0.25, -0.2) is 0 Å². The number of nitrogens with one attached hydrogen (secondary N) is 1. The first-order valence-electron chi connectivity index (χ1n) is 9.51. The summed E-state index contributed by atoms with van der Waals surface area (Å²) in [5.41, 5.74) is 1.90. The van der Waals surface area contributed by atoms with Crippen molar-refractivity contribution in [2.24, 2.45) is 0 Å². The number of hydrogen-bond acceptors (Lipinski definition) is 5. The predicted octanol–water partition coefficient (Wildman–Crippen LogP) is 2.81. The molecule has 1 saturated heterocycles. The number of nitriles is 1. The van der Waals surface area contributed by atoms with E-state index in [1.165, 1.54) is 0 Å². The molecule has 3 heterocycles. The van der Waals surface area contributed by atoms with Crippen LogP contribution in [0.1, 0.15) is 37.1 Å². The molecule has 7 nitrogen and oxygen atoms in total. The smallest absolute Gasteiger partial charge is 0.241 e. The fourth-order valence-electron chi connectivity index (χ4n) is 3.78. The second-order valence-electron chi connectivity index (χ2n) is 7.12. The summed E-state index contributed by atoms with van der Waals surface area (Å²) < 4.78 is 2.05. The minimum atomic E-state index is -0.261. The molecular formula is C21H22N6O. The summed E-state index contributed by atoms with van der Waals surface area (Å²) in [5, 5.41) is 20.7. The van der Waals surface area contributed by atoms with E-state index >= 15 is 0 Å². The SMILES string of the molecule is C[C@H](C(=O)Nc1ccccc1C#N)N1CCC(c2nnc3ccccn23)CC1. The van der Waals surface area contributed by atoms with Crippen LogP contribution in [0.5, 0.6) is 0 Å². The third-order valence-electron chi connectivity index (χ3n) is 5.47. The lowest BCUT2D eigenvalue weighted by Crippen LogP contribution is -2.46. The van der Waals surface area contributed by atoms with E-state index in [0.717, 1.165) is 37.4 Å². The van der Waals surface area contributed by atoms with Crippen LogP contribution >= 0.6 is 0 Å². The Hall–Kier alpha value is -3.24. The number of anilines is 1. The second kappa shape index (κ2) is 7.79. The van der Waals surface area contributed by atoms with Crippen LogP contribution in [0.15, 0.2) is 48.7 Å². The molecule has 0 unspecified atom stereocenters. The summed E-state index contributed by atoms with van der Waals surface area (Å²) in [6, 6.07) is 14.8. The maximum Gasteiger partial charge on any atom is 0.241 e. The Labute approximate surface area is 163 Å². The molecule has 1 atom stereocenters. The molecular weight excluding hydrogens is 352 g/mol. The van der Waals surface area contributed by atoms with E-state index in [2.05, 4.69) is 30.9 Å². The molecule has 0 bridgehead atoms. The van der Waals surface area contributed by atoms with Crippen molar-refractivity contribution in [2.75, 3.05) is 18.4 Å². The van der Waals surface area contributed by atoms with Crippen molar-refractivity contribution in [3.05, 3.63) is 60.0 Å². The highest BCUT2D eigenvalue weighted by Crippen LogP contribution is 2.28. The number of amides is 1. The first-order valence-corrected chi connectivity index (χ1v) is 9.51. The standard InChI is InChI=1S/C21H22N6O/c1-15(21(28)23-18-7-3-2-6-17(18)14-22)26-12-9-16(10-13-26)20-25-24-19-8-4-5-11-27(19)20/h2-8,11,15-16H,9-10,12-13H2,1H3,(H,23,28)/t15-/m1/s1. The van der Waals surface area contributed by atoms with E-state index < -0.39 is 0 Å². The lowest BCUT2D eigenvalue weighted by molar-refractivity contribution is -0.121. The number of para-hydroxylation sites is 1. The van der Waals surface area contributed by atoms with Crippen LogP contribution in [0.25, 0.3) is 5.65 Å². The number of likely N-dealkylation sites (tertiary alicyclic amines) is 1. The molecule has 4 rings (SSSR count). The van der Waals surface area contributed by atoms with Gasteiger partial charge in [0.1, 0.15) is 11.9 Å². The normalized spacial score (nSPS) is 16.6. The summed E-state index contributed by atoms with van der Waals surface area (Å²) in [5.74, 6) is 1.24. The molecule has 1 aliphatic rings. The fraction of sp³-hybridized carbons (Fsp3) is 0.333. The average Bonchev–Trinajstić information content (AvgIpc) is 3.18. The van der Waals surface area contributed by atoms with Crippen LogP contribution in [-0.4, -0.2) is 44.5 Å². The Kier molecular flexibility index (Phi) is 5.04. The molecule has 1 N–H and O–H groups in total. The van der Waals surface area contributed by atoms with Gasteiger partial charge in [0.25, 0.3) is 0 Å². The molecule has 0 spiro atoms. The average molecular weight is 374 g/mol. The summed E-state index contributed by atoms with van der Waals surface area (Å²) in [6.07, 6.45) is 3.87. The first kappa shape index (κ1) is 18.1. The fourth-order valence-corrected chi connectivity index (χ4v) is 3.78. The van der Waals surface area contributed by atoms with Gasteiger partial charge in [-0.15, -0.1) is 10.2 Å². The van der Waals surface area contributed by atoms with E-state index in [0.29, 0.717) is 17.2 Å². The van der Waals surface area contributed by atoms with E-state index in [9.17, 15) is 10.1 Å². The number of carbonyl (C=O) groups is 1. The largest absolute Gasteiger partial charge is 0.324 e. The third kappa shape index (κ3) is 3.47. The highest BCUT2D eigenvalue weighted by atomic mass is 16.2. The zero-order valence-electron chi connectivity index (χ0n) is 15.7. The van der Waals surface area contributed by atoms with Crippen LogP contribution in [-0.2, 0) is 4.79 Å². The highest BCUT2D eigenvalue weighted by molar-refractivity contribution is 5.95. The maximum atomic E-state index is 12.7. The van der Waals surface area contributed by atoms with Gasteiger partial charge in [-0.3, -0.25) is 14.1 Å². The molecule has 1 aromatic carbocycles. The topological polar surface area (TPSA) is 86.3 Å². The van der Waals surface area contributed by atoms with Gasteiger partial charge in [0.05, 0.1) is 17.3 Å². The predicted molar refractivity (Wildman–Crippen MR) is 106 cm³/mol. The zero-order valence-corrected chi connectivity index (χ0v) is 15.7. The van der Waals surface area contributed by atoms with Gasteiger partial charge in [-0.2, -0.15) is 5.26 Å². The van der Waals surface area contributed by atoms with Gasteiger partial charge < -0.3 is 5.32 Å². The quantitative estimate of drug-likeness (QED) is 0.759. The van der Waals surface area contributed by atoms with Crippen molar-refractivity contribution in [1.29, 1.82) is 5.26 Å². The summed E-state index contributed by atoms with van der Waals surface area (Å²) in [4.78, 5) is 14.9. The van der Waals surface area contributed by atoms with Crippen LogP contribution in [0.3, 0.4) is 0 Å². The van der Waals surface area contributed by atoms with E-state index in [4.69, 9.17) is 0 Å². The third-order valence-corrected chi connectivity index (χ3v) is 5.47. The van der Waals surface area contributed by atoms with Crippen molar-refractivity contribution in [3.63, 3.8) is 0 Å². The highest BCUT2D eigenvalue weighted by Gasteiger charge is 2.29. The monoisotopic (exact) mass is 374 g/mol. The molecule has 1 amide bonds. The van der Waals surface area contributed by atoms with Crippen molar-refractivity contribution >= 4 is 17.2 Å². The van der Waals surface area contributed by atoms with E-state index in [1.54, 1.807) is 18.2 Å². The molecule has 28 heavy (non-hydrogen) atoms. The van der Waals surface area contributed by atoms with Crippen molar-refractivity contribution in [1.82, 2.24) is 19.5 Å². The molecule has 0 saturated carbocycles. The van der Waals surface area contributed by atoms with Crippen LogP contribution < -0.4 is 5.32 Å². The number of piperidine rings is 1. The Balaban J connectivity index is 1.39. The van der Waals surface area contributed by atoms with E-state index in [-0.39, 0.29) is 11.9 Å². The molecule has 3 aromatic rings. The van der Waals surface area contributed by atoms with Crippen LogP contribution in [0.2, 0.25) is 0 Å². The number of carbonyl (C=O) groups excluding carboxylic acids is 1. The van der Waals surface area contributed by atoms with Crippen molar-refractivity contribution < 1.29 is 4.79 Å². The van der Waals surface area contributed by atoms with Gasteiger partial charge in [-0.05, 0) is 57.1 Å².